The van der Waals surface area contributed by atoms with Crippen LogP contribution in [0.4, 0.5) is 5.95 Å². The third kappa shape index (κ3) is 2.88. The number of aromatic nitrogens is 4. The quantitative estimate of drug-likeness (QED) is 0.525. The molecule has 0 saturated carbocycles. The van der Waals surface area contributed by atoms with Crippen molar-refractivity contribution in [2.75, 3.05) is 18.0 Å². The molecule has 1 saturated heterocycles. The number of fused-ring (bicyclic) bond motifs is 2. The molecule has 0 atom stereocenters. The number of aromatic amines is 1. The molecule has 0 radical (unpaired) electrons. The molecular weight excluding hydrogens is 370 g/mol. The van der Waals surface area contributed by atoms with Crippen LogP contribution in [0.15, 0.2) is 53.6 Å². The number of hydrogen-bond acceptors (Lipinski definition) is 5. The van der Waals surface area contributed by atoms with Crippen LogP contribution in [0.1, 0.15) is 19.3 Å². The van der Waals surface area contributed by atoms with Crippen molar-refractivity contribution in [3.63, 3.8) is 0 Å². The first-order chi connectivity index (χ1) is 13.7. The van der Waals surface area contributed by atoms with Crippen molar-refractivity contribution in [2.24, 2.45) is 0 Å². The Labute approximate surface area is 166 Å². The topological polar surface area (TPSA) is 66.8 Å². The third-order valence-corrected chi connectivity index (χ3v) is 5.68. The second-order valence-electron chi connectivity index (χ2n) is 7.09. The van der Waals surface area contributed by atoms with Gasteiger partial charge in [0.05, 0.1) is 0 Å². The van der Waals surface area contributed by atoms with Crippen LogP contribution in [-0.2, 0) is 0 Å². The SMILES string of the molecule is O=c1[nH]c(N2CCCCC2)nc2ncn(-c3ccc4ccccc4c3)c(=S)c12. The van der Waals surface area contributed by atoms with Crippen molar-refractivity contribution in [3.05, 3.63) is 63.8 Å². The van der Waals surface area contributed by atoms with E-state index in [9.17, 15) is 4.79 Å². The largest absolute Gasteiger partial charge is 0.342 e. The van der Waals surface area contributed by atoms with E-state index in [2.05, 4.69) is 32.0 Å². The number of H-pyrrole nitrogens is 1. The molecule has 1 aliphatic heterocycles. The van der Waals surface area contributed by atoms with Crippen LogP contribution in [-0.4, -0.2) is 32.6 Å². The van der Waals surface area contributed by atoms with Crippen molar-refractivity contribution in [1.29, 1.82) is 0 Å². The van der Waals surface area contributed by atoms with Gasteiger partial charge in [0.2, 0.25) is 5.95 Å². The van der Waals surface area contributed by atoms with Gasteiger partial charge in [-0.1, -0.05) is 42.5 Å². The summed E-state index contributed by atoms with van der Waals surface area (Å²) in [5.74, 6) is 0.586. The molecule has 2 aromatic heterocycles. The molecule has 6 nitrogen and oxygen atoms in total. The van der Waals surface area contributed by atoms with Gasteiger partial charge in [-0.25, -0.2) is 4.98 Å². The zero-order valence-electron chi connectivity index (χ0n) is 15.3. The predicted octanol–water partition coefficient (Wildman–Crippen LogP) is 3.98. The van der Waals surface area contributed by atoms with Crippen LogP contribution in [0.25, 0.3) is 27.5 Å². The minimum Gasteiger partial charge on any atom is -0.342 e. The van der Waals surface area contributed by atoms with Crippen LogP contribution < -0.4 is 10.5 Å². The van der Waals surface area contributed by atoms with Crippen LogP contribution in [0.5, 0.6) is 0 Å². The molecule has 2 aromatic carbocycles. The van der Waals surface area contributed by atoms with Gasteiger partial charge in [0.1, 0.15) is 16.4 Å². The first kappa shape index (κ1) is 17.1. The number of benzene rings is 2. The first-order valence-corrected chi connectivity index (χ1v) is 9.87. The summed E-state index contributed by atoms with van der Waals surface area (Å²) in [7, 11) is 0. The highest BCUT2D eigenvalue weighted by Crippen LogP contribution is 2.21. The smallest absolute Gasteiger partial charge is 0.264 e. The van der Waals surface area contributed by atoms with Gasteiger partial charge in [0.25, 0.3) is 5.56 Å². The third-order valence-electron chi connectivity index (χ3n) is 5.28. The van der Waals surface area contributed by atoms with Gasteiger partial charge in [0.15, 0.2) is 5.65 Å². The first-order valence-electron chi connectivity index (χ1n) is 9.46. The molecule has 5 rings (SSSR count). The zero-order valence-corrected chi connectivity index (χ0v) is 16.1. The van der Waals surface area contributed by atoms with Crippen LogP contribution in [0, 0.1) is 4.64 Å². The average molecular weight is 389 g/mol. The van der Waals surface area contributed by atoms with E-state index in [0.29, 0.717) is 21.6 Å². The van der Waals surface area contributed by atoms with Crippen molar-refractivity contribution in [3.8, 4) is 5.69 Å². The summed E-state index contributed by atoms with van der Waals surface area (Å²) in [6.45, 7) is 1.80. The molecule has 0 unspecified atom stereocenters. The van der Waals surface area contributed by atoms with Gasteiger partial charge in [-0.15, -0.1) is 0 Å². The van der Waals surface area contributed by atoms with Gasteiger partial charge < -0.3 is 4.90 Å². The van der Waals surface area contributed by atoms with Crippen LogP contribution in [0.2, 0.25) is 0 Å². The molecule has 28 heavy (non-hydrogen) atoms. The number of hydrogen-bond donors (Lipinski definition) is 1. The fraction of sp³-hybridized carbons (Fsp3) is 0.238. The molecule has 1 aliphatic rings. The molecule has 0 amide bonds. The molecule has 4 aromatic rings. The fourth-order valence-electron chi connectivity index (χ4n) is 3.79. The van der Waals surface area contributed by atoms with E-state index in [1.807, 2.05) is 30.3 Å². The Hall–Kier alpha value is -3.06. The van der Waals surface area contributed by atoms with Crippen molar-refractivity contribution >= 4 is 40.0 Å². The minimum absolute atomic E-state index is 0.238. The number of anilines is 1. The Morgan fingerprint density at radius 1 is 1.00 bits per heavy atom. The summed E-state index contributed by atoms with van der Waals surface area (Å²) in [6.07, 6.45) is 5.09. The van der Waals surface area contributed by atoms with Crippen LogP contribution in [0.3, 0.4) is 0 Å². The van der Waals surface area contributed by atoms with E-state index in [1.54, 1.807) is 10.9 Å². The Kier molecular flexibility index (Phi) is 4.16. The van der Waals surface area contributed by atoms with E-state index in [1.165, 1.54) is 6.42 Å². The van der Waals surface area contributed by atoms with Crippen LogP contribution >= 0.6 is 12.2 Å². The molecule has 0 bridgehead atoms. The lowest BCUT2D eigenvalue weighted by Crippen LogP contribution is -2.32. The zero-order chi connectivity index (χ0) is 19.1. The normalized spacial score (nSPS) is 14.6. The Balaban J connectivity index is 1.65. The fourth-order valence-corrected chi connectivity index (χ4v) is 4.12. The predicted molar refractivity (Wildman–Crippen MR) is 114 cm³/mol. The standard InChI is InChI=1S/C21H19N5OS/c27-19-17-18(23-21(24-19)25-10-4-1-5-11-25)22-13-26(20(17)28)16-9-8-14-6-2-3-7-15(14)12-16/h2-3,6-9,12-13H,1,4-5,10-11H2,(H,23,24,27). The highest BCUT2D eigenvalue weighted by molar-refractivity contribution is 7.71. The maximum Gasteiger partial charge on any atom is 0.264 e. The van der Waals surface area contributed by atoms with E-state index in [0.717, 1.165) is 42.4 Å². The molecular formula is C21H19N5OS. The number of nitrogens with zero attached hydrogens (tertiary/aromatic N) is 4. The molecule has 7 heteroatoms. The summed E-state index contributed by atoms with van der Waals surface area (Å²) in [5.41, 5.74) is 1.03. The highest BCUT2D eigenvalue weighted by atomic mass is 32.1. The van der Waals surface area contributed by atoms with Crippen molar-refractivity contribution in [2.45, 2.75) is 19.3 Å². The van der Waals surface area contributed by atoms with Gasteiger partial charge in [0, 0.05) is 18.8 Å². The monoisotopic (exact) mass is 389 g/mol. The van der Waals surface area contributed by atoms with E-state index < -0.39 is 0 Å². The minimum atomic E-state index is -0.238. The average Bonchev–Trinajstić information content (AvgIpc) is 2.74. The summed E-state index contributed by atoms with van der Waals surface area (Å²) in [6, 6.07) is 14.2. The van der Waals surface area contributed by atoms with Gasteiger partial charge in [-0.2, -0.15) is 4.98 Å². The van der Waals surface area contributed by atoms with Gasteiger partial charge in [-0.3, -0.25) is 14.3 Å². The number of rotatable bonds is 2. The lowest BCUT2D eigenvalue weighted by Gasteiger charge is -2.26. The molecule has 3 heterocycles. The molecule has 140 valence electrons. The second kappa shape index (κ2) is 6.83. The summed E-state index contributed by atoms with van der Waals surface area (Å²) in [5, 5.41) is 2.61. The summed E-state index contributed by atoms with van der Waals surface area (Å²) in [4.78, 5) is 26.9. The molecule has 0 spiro atoms. The lowest BCUT2D eigenvalue weighted by atomic mass is 10.1. The Bertz CT molecular complexity index is 1300. The summed E-state index contributed by atoms with van der Waals surface area (Å²) >= 11 is 5.64. The Morgan fingerprint density at radius 2 is 1.79 bits per heavy atom. The highest BCUT2D eigenvalue weighted by Gasteiger charge is 2.16. The maximum atomic E-state index is 12.8. The van der Waals surface area contributed by atoms with Gasteiger partial charge >= 0.3 is 0 Å². The van der Waals surface area contributed by atoms with Crippen molar-refractivity contribution < 1.29 is 0 Å². The second-order valence-corrected chi connectivity index (χ2v) is 7.47. The van der Waals surface area contributed by atoms with Gasteiger partial charge in [-0.05, 0) is 42.2 Å². The van der Waals surface area contributed by atoms with Crippen molar-refractivity contribution in [1.82, 2.24) is 19.5 Å². The molecule has 1 N–H and O–H groups in total. The number of piperidine rings is 1. The lowest BCUT2D eigenvalue weighted by molar-refractivity contribution is 0.568. The van der Waals surface area contributed by atoms with E-state index in [4.69, 9.17) is 12.2 Å². The van der Waals surface area contributed by atoms with E-state index in [-0.39, 0.29) is 5.56 Å². The van der Waals surface area contributed by atoms with E-state index >= 15 is 0 Å². The molecule has 1 fully saturated rings. The molecule has 0 aliphatic carbocycles. The number of nitrogens with one attached hydrogen (secondary N) is 1. The maximum absolute atomic E-state index is 12.8. The summed E-state index contributed by atoms with van der Waals surface area (Å²) < 4.78 is 2.18. The Morgan fingerprint density at radius 3 is 2.61 bits per heavy atom.